The molecule has 0 fully saturated rings. The summed E-state index contributed by atoms with van der Waals surface area (Å²) in [4.78, 5) is 9.77. The predicted molar refractivity (Wildman–Crippen MR) is 168 cm³/mol. The Morgan fingerprint density at radius 3 is 2.27 bits per heavy atom. The van der Waals surface area contributed by atoms with Crippen LogP contribution in [0.1, 0.15) is 58.9 Å². The van der Waals surface area contributed by atoms with Crippen molar-refractivity contribution in [3.63, 3.8) is 0 Å². The number of nitrogens with zero attached hydrogens (tertiary/aromatic N) is 4. The van der Waals surface area contributed by atoms with Crippen LogP contribution in [-0.2, 0) is 12.0 Å². The Morgan fingerprint density at radius 1 is 0.825 bits per heavy atom. The zero-order chi connectivity index (χ0) is 27.7. The number of rotatable bonds is 8. The normalized spacial score (nSPS) is 19.6. The monoisotopic (exact) mass is 527 g/mol. The van der Waals surface area contributed by atoms with Gasteiger partial charge in [-0.25, -0.2) is 9.55 Å². The minimum Gasteiger partial charge on any atom is -0.331 e. The largest absolute Gasteiger partial charge is 0.514 e. The van der Waals surface area contributed by atoms with Crippen molar-refractivity contribution in [3.8, 4) is 22.3 Å². The summed E-state index contributed by atoms with van der Waals surface area (Å²) in [5.41, 5.74) is 6.34. The fourth-order valence-corrected chi connectivity index (χ4v) is 6.76. The van der Waals surface area contributed by atoms with Gasteiger partial charge in [0.2, 0.25) is 0 Å². The second-order valence-corrected chi connectivity index (χ2v) is 11.5. The van der Waals surface area contributed by atoms with E-state index in [1.807, 2.05) is 6.20 Å². The molecule has 2 aliphatic heterocycles. The average molecular weight is 528 g/mol. The standard InChI is InChI=1S/C35H40BN4/c1-5-8-12-27-15-17-29(18-16-27)30-19-21-37-33(25-30)39-23-24-40-34-26-31(28-13-10-9-11-14-28)20-22-38(34)35(4,7-3)32(6-2)36(39)40/h9-11,13-26,32H,5-8,12H2,1-4H3/q+1. The Labute approximate surface area is 240 Å². The number of anilines is 2. The van der Waals surface area contributed by atoms with Crippen molar-refractivity contribution in [1.29, 1.82) is 0 Å². The first-order valence-electron chi connectivity index (χ1n) is 15.0. The fraction of sp³-hybridized carbons (Fsp3) is 0.314. The highest BCUT2D eigenvalue weighted by atomic mass is 15.4. The first-order valence-corrected chi connectivity index (χ1v) is 15.0. The lowest BCUT2D eigenvalue weighted by Gasteiger charge is -2.44. The molecule has 0 amide bonds. The molecule has 4 heterocycles. The summed E-state index contributed by atoms with van der Waals surface area (Å²) < 4.78 is 2.52. The molecule has 4 aromatic rings. The van der Waals surface area contributed by atoms with Crippen LogP contribution in [0.3, 0.4) is 0 Å². The van der Waals surface area contributed by atoms with Gasteiger partial charge in [-0.15, -0.1) is 0 Å². The Kier molecular flexibility index (Phi) is 7.23. The minimum absolute atomic E-state index is 0.0172. The van der Waals surface area contributed by atoms with Crippen LogP contribution in [0.5, 0.6) is 0 Å². The van der Waals surface area contributed by atoms with Crippen LogP contribution in [0.4, 0.5) is 11.6 Å². The quantitative estimate of drug-likeness (QED) is 0.170. The van der Waals surface area contributed by atoms with E-state index in [0.717, 1.165) is 25.1 Å². The molecule has 40 heavy (non-hydrogen) atoms. The van der Waals surface area contributed by atoms with Crippen LogP contribution in [0.25, 0.3) is 22.3 Å². The third-order valence-corrected chi connectivity index (χ3v) is 9.25. The lowest BCUT2D eigenvalue weighted by molar-refractivity contribution is -0.752. The second kappa shape index (κ2) is 11.0. The molecule has 6 rings (SSSR count). The maximum atomic E-state index is 4.90. The first kappa shape index (κ1) is 26.4. The van der Waals surface area contributed by atoms with Gasteiger partial charge in [-0.3, -0.25) is 4.81 Å². The number of fused-ring (bicyclic) bond motifs is 3. The van der Waals surface area contributed by atoms with E-state index in [9.17, 15) is 0 Å². The number of aromatic nitrogens is 2. The number of benzene rings is 2. The third kappa shape index (κ3) is 4.52. The second-order valence-electron chi connectivity index (χ2n) is 11.5. The van der Waals surface area contributed by atoms with Crippen LogP contribution in [-0.4, -0.2) is 12.0 Å². The highest BCUT2D eigenvalue weighted by Crippen LogP contribution is 2.46. The van der Waals surface area contributed by atoms with E-state index < -0.39 is 0 Å². The van der Waals surface area contributed by atoms with Gasteiger partial charge in [0.05, 0.1) is 12.4 Å². The van der Waals surface area contributed by atoms with Gasteiger partial charge in [0.25, 0.3) is 5.82 Å². The summed E-state index contributed by atoms with van der Waals surface area (Å²) in [5, 5.41) is 0. The molecule has 2 aromatic carbocycles. The van der Waals surface area contributed by atoms with Crippen LogP contribution in [0.15, 0.2) is 104 Å². The maximum absolute atomic E-state index is 4.90. The maximum Gasteiger partial charge on any atom is 0.514 e. The molecule has 2 aliphatic rings. The van der Waals surface area contributed by atoms with Gasteiger partial charge in [0.1, 0.15) is 11.4 Å². The van der Waals surface area contributed by atoms with Gasteiger partial charge in [0, 0.05) is 24.3 Å². The van der Waals surface area contributed by atoms with E-state index in [-0.39, 0.29) is 12.5 Å². The zero-order valence-corrected chi connectivity index (χ0v) is 24.3. The van der Waals surface area contributed by atoms with E-state index in [4.69, 9.17) is 4.98 Å². The number of hydrogen-bond donors (Lipinski definition) is 0. The van der Waals surface area contributed by atoms with Crippen molar-refractivity contribution in [3.05, 3.63) is 109 Å². The number of unbranched alkanes of at least 4 members (excludes halogenated alkanes) is 1. The highest BCUT2D eigenvalue weighted by molar-refractivity contribution is 6.71. The van der Waals surface area contributed by atoms with E-state index in [1.165, 1.54) is 46.5 Å². The van der Waals surface area contributed by atoms with Gasteiger partial charge in [-0.1, -0.05) is 81.8 Å². The SMILES string of the molecule is CCCCc1ccc(-c2ccnc(N3C=CN4B3C(CC)C(C)(CC)[n+]3ccc(-c5ccccc5)cc34)c2)cc1. The molecule has 0 saturated heterocycles. The van der Waals surface area contributed by atoms with Crippen molar-refractivity contribution in [2.75, 3.05) is 9.62 Å². The Morgan fingerprint density at radius 2 is 1.55 bits per heavy atom. The van der Waals surface area contributed by atoms with Gasteiger partial charge in [0.15, 0.2) is 0 Å². The highest BCUT2D eigenvalue weighted by Gasteiger charge is 2.60. The molecule has 0 radical (unpaired) electrons. The molecule has 0 bridgehead atoms. The average Bonchev–Trinajstić information content (AvgIpc) is 3.46. The Hall–Kier alpha value is -3.86. The van der Waals surface area contributed by atoms with Crippen molar-refractivity contribution >= 4 is 18.6 Å². The van der Waals surface area contributed by atoms with Gasteiger partial charge in [-0.05, 0) is 78.6 Å². The van der Waals surface area contributed by atoms with E-state index in [1.54, 1.807) is 0 Å². The summed E-state index contributed by atoms with van der Waals surface area (Å²) in [5.74, 6) is 2.65. The van der Waals surface area contributed by atoms with Crippen molar-refractivity contribution < 1.29 is 4.57 Å². The Bertz CT molecular complexity index is 1500. The number of hydrogen-bond acceptors (Lipinski definition) is 3. The predicted octanol–water partition coefficient (Wildman–Crippen LogP) is 8.25. The van der Waals surface area contributed by atoms with E-state index in [0.29, 0.717) is 5.82 Å². The van der Waals surface area contributed by atoms with Crippen LogP contribution in [0.2, 0.25) is 5.82 Å². The molecule has 2 unspecified atom stereocenters. The van der Waals surface area contributed by atoms with E-state index in [2.05, 4.69) is 139 Å². The molecule has 0 saturated carbocycles. The van der Waals surface area contributed by atoms with E-state index >= 15 is 0 Å². The summed E-state index contributed by atoms with van der Waals surface area (Å²) in [7, 11) is 0. The van der Waals surface area contributed by atoms with Crippen LogP contribution < -0.4 is 14.2 Å². The topological polar surface area (TPSA) is 23.3 Å². The van der Waals surface area contributed by atoms with Gasteiger partial charge < -0.3 is 4.81 Å². The molecule has 2 atom stereocenters. The Balaban J connectivity index is 1.38. The molecule has 0 N–H and O–H groups in total. The van der Waals surface area contributed by atoms with Crippen molar-refractivity contribution in [2.24, 2.45) is 0 Å². The fourth-order valence-electron chi connectivity index (χ4n) is 6.76. The summed E-state index contributed by atoms with van der Waals surface area (Å²) in [6.07, 6.45) is 14.5. The van der Waals surface area contributed by atoms with Gasteiger partial charge >= 0.3 is 6.98 Å². The molecule has 2 aromatic heterocycles. The third-order valence-electron chi connectivity index (χ3n) is 9.25. The lowest BCUT2D eigenvalue weighted by atomic mass is 9.49. The number of pyridine rings is 2. The number of aryl methyl sites for hydroxylation is 1. The molecule has 5 heteroatoms. The molecular weight excluding hydrogens is 487 g/mol. The van der Waals surface area contributed by atoms with Crippen molar-refractivity contribution in [2.45, 2.75) is 71.2 Å². The molecule has 202 valence electrons. The lowest BCUT2D eigenvalue weighted by Crippen LogP contribution is -2.70. The van der Waals surface area contributed by atoms with Crippen LogP contribution in [0, 0.1) is 0 Å². The zero-order valence-electron chi connectivity index (χ0n) is 24.3. The van der Waals surface area contributed by atoms with Crippen LogP contribution >= 0.6 is 0 Å². The first-order chi connectivity index (χ1) is 19.6. The summed E-state index contributed by atoms with van der Waals surface area (Å²) >= 11 is 0. The minimum atomic E-state index is -0.0172. The molecule has 0 spiro atoms. The van der Waals surface area contributed by atoms with Gasteiger partial charge in [-0.2, -0.15) is 0 Å². The summed E-state index contributed by atoms with van der Waals surface area (Å²) in [6.45, 7) is 9.51. The van der Waals surface area contributed by atoms with Crippen molar-refractivity contribution in [1.82, 2.24) is 4.98 Å². The molecular formula is C35H40BN4+. The molecule has 4 nitrogen and oxygen atoms in total. The molecule has 0 aliphatic carbocycles. The summed E-state index contributed by atoms with van der Waals surface area (Å²) in [6, 6.07) is 28.8. The smallest absolute Gasteiger partial charge is 0.331 e.